The van der Waals surface area contributed by atoms with Gasteiger partial charge in [0.05, 0.1) is 18.0 Å². The van der Waals surface area contributed by atoms with Gasteiger partial charge in [-0.2, -0.15) is 5.10 Å². The van der Waals surface area contributed by atoms with Crippen molar-refractivity contribution in [3.8, 4) is 0 Å². The van der Waals surface area contributed by atoms with Crippen LogP contribution in [0.4, 0.5) is 5.82 Å². The highest BCUT2D eigenvalue weighted by Gasteiger charge is 2.18. The molecule has 0 bridgehead atoms. The molecule has 15 heavy (non-hydrogen) atoms. The van der Waals surface area contributed by atoms with Crippen molar-refractivity contribution in [1.82, 2.24) is 24.8 Å². The lowest BCUT2D eigenvalue weighted by molar-refractivity contribution is 0.103. The molecule has 2 aromatic heterocycles. The predicted octanol–water partition coefficient (Wildman–Crippen LogP) is -0.638. The molecule has 0 unspecified atom stereocenters. The molecule has 2 heterocycles. The Morgan fingerprint density at radius 3 is 2.53 bits per heavy atom. The van der Waals surface area contributed by atoms with E-state index >= 15 is 0 Å². The maximum absolute atomic E-state index is 11.9. The molecular weight excluding hydrogens is 196 g/mol. The van der Waals surface area contributed by atoms with E-state index in [1.807, 2.05) is 0 Å². The number of nitrogens with zero attached hydrogens (tertiary/aromatic N) is 5. The predicted molar refractivity (Wildman–Crippen MR) is 52.1 cm³/mol. The van der Waals surface area contributed by atoms with Crippen molar-refractivity contribution < 1.29 is 4.79 Å². The first-order valence-corrected chi connectivity index (χ1v) is 4.28. The lowest BCUT2D eigenvalue weighted by Gasteiger charge is -1.99. The van der Waals surface area contributed by atoms with E-state index in [2.05, 4.69) is 15.4 Å². The maximum Gasteiger partial charge on any atom is 0.217 e. The average Bonchev–Trinajstić information content (AvgIpc) is 2.75. The fourth-order valence-corrected chi connectivity index (χ4v) is 1.26. The van der Waals surface area contributed by atoms with Gasteiger partial charge in [-0.3, -0.25) is 9.48 Å². The Hall–Kier alpha value is -2.18. The van der Waals surface area contributed by atoms with Crippen molar-refractivity contribution in [1.29, 1.82) is 0 Å². The Labute approximate surface area is 85.5 Å². The minimum absolute atomic E-state index is 0.229. The first kappa shape index (κ1) is 9.38. The number of aryl methyl sites for hydroxylation is 2. The Bertz CT molecular complexity index is 511. The van der Waals surface area contributed by atoms with Crippen LogP contribution in [-0.2, 0) is 14.1 Å². The van der Waals surface area contributed by atoms with Crippen LogP contribution in [0.1, 0.15) is 16.1 Å². The number of aromatic nitrogens is 5. The standard InChI is InChI=1S/C8H10N6O/c1-13-6(4-10-12-13)7(15)5-3-11-14(2)8(5)9/h3-4H,9H2,1-2H3. The highest BCUT2D eigenvalue weighted by atomic mass is 16.1. The van der Waals surface area contributed by atoms with Crippen molar-refractivity contribution in [2.24, 2.45) is 14.1 Å². The topological polar surface area (TPSA) is 91.6 Å². The lowest BCUT2D eigenvalue weighted by atomic mass is 10.1. The summed E-state index contributed by atoms with van der Waals surface area (Å²) in [7, 11) is 3.32. The molecule has 2 rings (SSSR count). The minimum Gasteiger partial charge on any atom is -0.383 e. The van der Waals surface area contributed by atoms with Gasteiger partial charge in [0.2, 0.25) is 5.78 Å². The Balaban J connectivity index is 2.46. The van der Waals surface area contributed by atoms with Crippen LogP contribution >= 0.6 is 0 Å². The fourth-order valence-electron chi connectivity index (χ4n) is 1.26. The van der Waals surface area contributed by atoms with Crippen LogP contribution in [0.15, 0.2) is 12.4 Å². The molecule has 0 aliphatic carbocycles. The van der Waals surface area contributed by atoms with Gasteiger partial charge in [0.25, 0.3) is 0 Å². The first-order chi connectivity index (χ1) is 7.11. The van der Waals surface area contributed by atoms with E-state index in [0.717, 1.165) is 0 Å². The third-order valence-corrected chi connectivity index (χ3v) is 2.18. The Morgan fingerprint density at radius 1 is 1.33 bits per heavy atom. The molecule has 0 spiro atoms. The van der Waals surface area contributed by atoms with Gasteiger partial charge in [0, 0.05) is 14.1 Å². The molecule has 0 saturated heterocycles. The smallest absolute Gasteiger partial charge is 0.217 e. The van der Waals surface area contributed by atoms with Crippen molar-refractivity contribution in [3.05, 3.63) is 23.7 Å². The summed E-state index contributed by atoms with van der Waals surface area (Å²) in [6, 6.07) is 0. The Kier molecular flexibility index (Phi) is 2.00. The van der Waals surface area contributed by atoms with E-state index < -0.39 is 0 Å². The van der Waals surface area contributed by atoms with E-state index in [-0.39, 0.29) is 5.78 Å². The van der Waals surface area contributed by atoms with E-state index in [0.29, 0.717) is 17.1 Å². The average molecular weight is 206 g/mol. The van der Waals surface area contributed by atoms with Gasteiger partial charge >= 0.3 is 0 Å². The zero-order valence-corrected chi connectivity index (χ0v) is 8.38. The second-order valence-electron chi connectivity index (χ2n) is 3.14. The zero-order chi connectivity index (χ0) is 11.0. The molecule has 0 radical (unpaired) electrons. The number of ketones is 1. The van der Waals surface area contributed by atoms with Crippen LogP contribution in [0.2, 0.25) is 0 Å². The molecule has 7 nitrogen and oxygen atoms in total. The molecule has 0 atom stereocenters. The number of hydrogen-bond acceptors (Lipinski definition) is 5. The van der Waals surface area contributed by atoms with E-state index in [9.17, 15) is 4.79 Å². The van der Waals surface area contributed by atoms with Gasteiger partial charge < -0.3 is 5.73 Å². The number of carbonyl (C=O) groups excluding carboxylic acids is 1. The summed E-state index contributed by atoms with van der Waals surface area (Å²) in [5.74, 6) is 0.106. The molecule has 0 amide bonds. The number of carbonyl (C=O) groups is 1. The van der Waals surface area contributed by atoms with Gasteiger partial charge in [-0.15, -0.1) is 5.10 Å². The highest BCUT2D eigenvalue weighted by molar-refractivity contribution is 6.10. The monoisotopic (exact) mass is 206 g/mol. The largest absolute Gasteiger partial charge is 0.383 e. The van der Waals surface area contributed by atoms with Crippen LogP contribution in [0.3, 0.4) is 0 Å². The van der Waals surface area contributed by atoms with E-state index in [1.165, 1.54) is 21.8 Å². The number of nitrogen functional groups attached to an aromatic ring is 1. The van der Waals surface area contributed by atoms with Crippen molar-refractivity contribution in [2.75, 3.05) is 5.73 Å². The first-order valence-electron chi connectivity index (χ1n) is 4.28. The van der Waals surface area contributed by atoms with E-state index in [4.69, 9.17) is 5.73 Å². The quantitative estimate of drug-likeness (QED) is 0.660. The van der Waals surface area contributed by atoms with Crippen LogP contribution < -0.4 is 5.73 Å². The normalized spacial score (nSPS) is 10.5. The van der Waals surface area contributed by atoms with Gasteiger partial charge in [0.15, 0.2) is 0 Å². The van der Waals surface area contributed by atoms with Crippen LogP contribution in [0.25, 0.3) is 0 Å². The number of nitrogens with two attached hydrogens (primary N) is 1. The minimum atomic E-state index is -0.229. The van der Waals surface area contributed by atoms with Gasteiger partial charge in [-0.1, -0.05) is 5.21 Å². The van der Waals surface area contributed by atoms with Gasteiger partial charge in [-0.25, -0.2) is 4.68 Å². The van der Waals surface area contributed by atoms with Crippen molar-refractivity contribution in [3.63, 3.8) is 0 Å². The molecule has 0 saturated carbocycles. The van der Waals surface area contributed by atoms with Crippen molar-refractivity contribution in [2.45, 2.75) is 0 Å². The van der Waals surface area contributed by atoms with Crippen LogP contribution in [-0.4, -0.2) is 30.6 Å². The molecule has 0 aliphatic rings. The molecule has 0 fully saturated rings. The third kappa shape index (κ3) is 1.37. The summed E-state index contributed by atoms with van der Waals surface area (Å²) < 4.78 is 2.84. The second-order valence-corrected chi connectivity index (χ2v) is 3.14. The summed E-state index contributed by atoms with van der Waals surface area (Å²) in [4.78, 5) is 11.9. The van der Waals surface area contributed by atoms with Crippen LogP contribution in [0.5, 0.6) is 0 Å². The number of hydrogen-bond donors (Lipinski definition) is 1. The highest BCUT2D eigenvalue weighted by Crippen LogP contribution is 2.13. The molecular formula is C8H10N6O. The van der Waals surface area contributed by atoms with E-state index in [1.54, 1.807) is 14.1 Å². The molecule has 7 heteroatoms. The Morgan fingerprint density at radius 2 is 2.07 bits per heavy atom. The van der Waals surface area contributed by atoms with Crippen molar-refractivity contribution >= 4 is 11.6 Å². The molecule has 2 aromatic rings. The molecule has 0 aromatic carbocycles. The zero-order valence-electron chi connectivity index (χ0n) is 8.38. The van der Waals surface area contributed by atoms with Crippen LogP contribution in [0, 0.1) is 0 Å². The van der Waals surface area contributed by atoms with Gasteiger partial charge in [0.1, 0.15) is 11.5 Å². The SMILES string of the molecule is Cn1nncc1C(=O)c1cnn(C)c1N. The van der Waals surface area contributed by atoms with Gasteiger partial charge in [-0.05, 0) is 0 Å². The lowest BCUT2D eigenvalue weighted by Crippen LogP contribution is -2.10. The summed E-state index contributed by atoms with van der Waals surface area (Å²) in [5, 5.41) is 11.2. The second kappa shape index (κ2) is 3.19. The third-order valence-electron chi connectivity index (χ3n) is 2.18. The summed E-state index contributed by atoms with van der Waals surface area (Å²) >= 11 is 0. The summed E-state index contributed by atoms with van der Waals surface area (Å²) in [5.41, 5.74) is 6.44. The maximum atomic E-state index is 11.9. The molecule has 2 N–H and O–H groups in total. The fraction of sp³-hybridized carbons (Fsp3) is 0.250. The summed E-state index contributed by atoms with van der Waals surface area (Å²) in [6.45, 7) is 0. The summed E-state index contributed by atoms with van der Waals surface area (Å²) in [6.07, 6.45) is 2.83. The molecule has 78 valence electrons. The number of anilines is 1. The number of rotatable bonds is 2. The molecule has 0 aliphatic heterocycles.